The average Bonchev–Trinajstić information content (AvgIpc) is 2.32. The van der Waals surface area contributed by atoms with E-state index in [0.29, 0.717) is 13.0 Å². The van der Waals surface area contributed by atoms with Gasteiger partial charge in [0.15, 0.2) is 0 Å². The molecule has 2 unspecified atom stereocenters. The van der Waals surface area contributed by atoms with E-state index in [0.717, 1.165) is 12.0 Å². The Balaban J connectivity index is 2.69. The first-order valence-corrected chi connectivity index (χ1v) is 6.15. The number of hydrogen-bond acceptors (Lipinski definition) is 2. The zero-order valence-corrected chi connectivity index (χ0v) is 10.9. The SMILES string of the molecule is CCOC(C)(CC)C(N)Cc1ccc(F)cc1. The molecule has 0 saturated heterocycles. The molecular formula is C14H22FNO. The molecule has 1 aromatic rings. The van der Waals surface area contributed by atoms with Gasteiger partial charge in [-0.2, -0.15) is 0 Å². The first-order valence-electron chi connectivity index (χ1n) is 6.15. The highest BCUT2D eigenvalue weighted by molar-refractivity contribution is 5.18. The zero-order chi connectivity index (χ0) is 12.9. The van der Waals surface area contributed by atoms with Crippen molar-refractivity contribution in [2.24, 2.45) is 5.73 Å². The topological polar surface area (TPSA) is 35.2 Å². The standard InChI is InChI=1S/C14H22FNO/c1-4-14(3,17-5-2)13(16)10-11-6-8-12(15)9-7-11/h6-9,13H,4-5,10,16H2,1-3H3. The van der Waals surface area contributed by atoms with Crippen LogP contribution in [0.25, 0.3) is 0 Å². The van der Waals surface area contributed by atoms with Gasteiger partial charge >= 0.3 is 0 Å². The molecule has 0 bridgehead atoms. The van der Waals surface area contributed by atoms with Crippen molar-refractivity contribution < 1.29 is 9.13 Å². The molecule has 2 N–H and O–H groups in total. The first kappa shape index (κ1) is 14.1. The third-order valence-electron chi connectivity index (χ3n) is 3.33. The largest absolute Gasteiger partial charge is 0.374 e. The Morgan fingerprint density at radius 2 is 1.88 bits per heavy atom. The van der Waals surface area contributed by atoms with Crippen LogP contribution >= 0.6 is 0 Å². The molecule has 0 fully saturated rings. The molecule has 1 rings (SSSR count). The summed E-state index contributed by atoms with van der Waals surface area (Å²) < 4.78 is 18.5. The Labute approximate surface area is 103 Å². The smallest absolute Gasteiger partial charge is 0.123 e. The van der Waals surface area contributed by atoms with E-state index >= 15 is 0 Å². The first-order chi connectivity index (χ1) is 8.01. The third-order valence-corrected chi connectivity index (χ3v) is 3.33. The van der Waals surface area contributed by atoms with E-state index in [9.17, 15) is 4.39 Å². The maximum atomic E-state index is 12.8. The van der Waals surface area contributed by atoms with Gasteiger partial charge in [-0.05, 0) is 44.4 Å². The van der Waals surface area contributed by atoms with Gasteiger partial charge < -0.3 is 10.5 Å². The van der Waals surface area contributed by atoms with Gasteiger partial charge in [0.05, 0.1) is 5.60 Å². The van der Waals surface area contributed by atoms with Crippen LogP contribution in [0.15, 0.2) is 24.3 Å². The van der Waals surface area contributed by atoms with Crippen molar-refractivity contribution in [1.82, 2.24) is 0 Å². The molecule has 0 aliphatic heterocycles. The van der Waals surface area contributed by atoms with Crippen LogP contribution in [-0.4, -0.2) is 18.2 Å². The van der Waals surface area contributed by atoms with Gasteiger partial charge in [-0.25, -0.2) is 4.39 Å². The van der Waals surface area contributed by atoms with Crippen LogP contribution in [0.4, 0.5) is 4.39 Å². The van der Waals surface area contributed by atoms with Crippen molar-refractivity contribution in [2.45, 2.75) is 45.3 Å². The van der Waals surface area contributed by atoms with Crippen LogP contribution in [0.5, 0.6) is 0 Å². The summed E-state index contributed by atoms with van der Waals surface area (Å²) in [5, 5.41) is 0. The molecule has 17 heavy (non-hydrogen) atoms. The Bertz CT molecular complexity index is 339. The fraction of sp³-hybridized carbons (Fsp3) is 0.571. The second kappa shape index (κ2) is 6.12. The van der Waals surface area contributed by atoms with Crippen LogP contribution in [0, 0.1) is 5.82 Å². The quantitative estimate of drug-likeness (QED) is 0.828. The Morgan fingerprint density at radius 1 is 1.29 bits per heavy atom. The predicted molar refractivity (Wildman–Crippen MR) is 68.4 cm³/mol. The maximum Gasteiger partial charge on any atom is 0.123 e. The van der Waals surface area contributed by atoms with Crippen molar-refractivity contribution >= 4 is 0 Å². The molecule has 3 heteroatoms. The number of nitrogens with two attached hydrogens (primary N) is 1. The molecule has 0 aliphatic carbocycles. The minimum atomic E-state index is -0.316. The Morgan fingerprint density at radius 3 is 2.35 bits per heavy atom. The molecule has 96 valence electrons. The van der Waals surface area contributed by atoms with Crippen molar-refractivity contribution in [1.29, 1.82) is 0 Å². The Kier molecular flexibility index (Phi) is 5.09. The average molecular weight is 239 g/mol. The highest BCUT2D eigenvalue weighted by Crippen LogP contribution is 2.21. The predicted octanol–water partition coefficient (Wildman–Crippen LogP) is 2.90. The third kappa shape index (κ3) is 3.79. The maximum absolute atomic E-state index is 12.8. The number of hydrogen-bond donors (Lipinski definition) is 1. The van der Waals surface area contributed by atoms with Gasteiger partial charge in [0.2, 0.25) is 0 Å². The van der Waals surface area contributed by atoms with Gasteiger partial charge in [0, 0.05) is 12.6 Å². The summed E-state index contributed by atoms with van der Waals surface area (Å²) >= 11 is 0. The van der Waals surface area contributed by atoms with Gasteiger partial charge in [-0.3, -0.25) is 0 Å². The number of ether oxygens (including phenoxy) is 1. The molecular weight excluding hydrogens is 217 g/mol. The lowest BCUT2D eigenvalue weighted by Gasteiger charge is -2.34. The molecule has 0 heterocycles. The van der Waals surface area contributed by atoms with E-state index in [1.807, 2.05) is 13.8 Å². The molecule has 0 saturated carbocycles. The van der Waals surface area contributed by atoms with Crippen molar-refractivity contribution in [3.05, 3.63) is 35.6 Å². The molecule has 0 aliphatic rings. The minimum Gasteiger partial charge on any atom is -0.374 e. The van der Waals surface area contributed by atoms with Crippen molar-refractivity contribution in [2.75, 3.05) is 6.61 Å². The fourth-order valence-electron chi connectivity index (χ4n) is 1.89. The summed E-state index contributed by atoms with van der Waals surface area (Å²) in [4.78, 5) is 0. The summed E-state index contributed by atoms with van der Waals surface area (Å²) in [5.41, 5.74) is 6.92. The Hall–Kier alpha value is -0.930. The highest BCUT2D eigenvalue weighted by Gasteiger charge is 2.30. The molecule has 2 nitrogen and oxygen atoms in total. The minimum absolute atomic E-state index is 0.0853. The second-order valence-electron chi connectivity index (χ2n) is 4.54. The highest BCUT2D eigenvalue weighted by atomic mass is 19.1. The summed E-state index contributed by atoms with van der Waals surface area (Å²) in [6, 6.07) is 6.39. The monoisotopic (exact) mass is 239 g/mol. The van der Waals surface area contributed by atoms with Crippen molar-refractivity contribution in [3.63, 3.8) is 0 Å². The van der Waals surface area contributed by atoms with Crippen LogP contribution in [0.2, 0.25) is 0 Å². The fourth-order valence-corrected chi connectivity index (χ4v) is 1.89. The van der Waals surface area contributed by atoms with Gasteiger partial charge in [-0.1, -0.05) is 19.1 Å². The normalized spacial score (nSPS) is 16.5. The van der Waals surface area contributed by atoms with E-state index in [2.05, 4.69) is 6.92 Å². The molecule has 0 spiro atoms. The molecule has 0 radical (unpaired) electrons. The summed E-state index contributed by atoms with van der Waals surface area (Å²) in [6.07, 6.45) is 1.56. The number of benzene rings is 1. The molecule has 2 atom stereocenters. The zero-order valence-electron chi connectivity index (χ0n) is 10.9. The van der Waals surface area contributed by atoms with E-state index in [4.69, 9.17) is 10.5 Å². The lowest BCUT2D eigenvalue weighted by atomic mass is 9.89. The van der Waals surface area contributed by atoms with Gasteiger partial charge in [0.1, 0.15) is 5.82 Å². The summed E-state index contributed by atoms with van der Waals surface area (Å²) in [6.45, 7) is 6.73. The lowest BCUT2D eigenvalue weighted by Crippen LogP contribution is -2.48. The number of rotatable bonds is 6. The number of halogens is 1. The molecule has 0 amide bonds. The van der Waals surface area contributed by atoms with E-state index in [1.54, 1.807) is 12.1 Å². The summed E-state index contributed by atoms with van der Waals surface area (Å²) in [5.74, 6) is -0.217. The van der Waals surface area contributed by atoms with Crippen LogP contribution in [0.3, 0.4) is 0 Å². The molecule has 0 aromatic heterocycles. The molecule has 1 aromatic carbocycles. The van der Waals surface area contributed by atoms with Gasteiger partial charge in [0.25, 0.3) is 0 Å². The van der Waals surface area contributed by atoms with Crippen LogP contribution in [0.1, 0.15) is 32.8 Å². The van der Waals surface area contributed by atoms with Gasteiger partial charge in [-0.15, -0.1) is 0 Å². The van der Waals surface area contributed by atoms with E-state index in [-0.39, 0.29) is 17.5 Å². The second-order valence-corrected chi connectivity index (χ2v) is 4.54. The van der Waals surface area contributed by atoms with E-state index in [1.165, 1.54) is 12.1 Å². The van der Waals surface area contributed by atoms with Crippen molar-refractivity contribution in [3.8, 4) is 0 Å². The van der Waals surface area contributed by atoms with E-state index < -0.39 is 0 Å². The van der Waals surface area contributed by atoms with Crippen LogP contribution in [-0.2, 0) is 11.2 Å². The van der Waals surface area contributed by atoms with Crippen LogP contribution < -0.4 is 5.73 Å². The summed E-state index contributed by atoms with van der Waals surface area (Å²) in [7, 11) is 0. The lowest BCUT2D eigenvalue weighted by molar-refractivity contribution is -0.0461.